The number of phenols is 2. The van der Waals surface area contributed by atoms with Crippen molar-refractivity contribution in [3.05, 3.63) is 53.3 Å². The first-order valence-electron chi connectivity index (χ1n) is 7.72. The van der Waals surface area contributed by atoms with Crippen LogP contribution in [0.1, 0.15) is 43.2 Å². The molecule has 0 saturated heterocycles. The van der Waals surface area contributed by atoms with Crippen molar-refractivity contribution in [3.8, 4) is 11.5 Å². The molecular formula is C18H16Br4O2. The summed E-state index contributed by atoms with van der Waals surface area (Å²) >= 11 is 14.6. The summed E-state index contributed by atoms with van der Waals surface area (Å²) in [6, 6.07) is 6.99. The van der Waals surface area contributed by atoms with E-state index in [2.05, 4.69) is 63.7 Å². The normalized spacial score (nSPS) is 17.0. The summed E-state index contributed by atoms with van der Waals surface area (Å²) in [7, 11) is 0. The number of rotatable bonds is 2. The van der Waals surface area contributed by atoms with Gasteiger partial charge in [-0.3, -0.25) is 0 Å². The lowest BCUT2D eigenvalue weighted by atomic mass is 9.65. The maximum absolute atomic E-state index is 9.91. The van der Waals surface area contributed by atoms with Gasteiger partial charge in [0.2, 0.25) is 0 Å². The van der Waals surface area contributed by atoms with E-state index in [1.807, 2.05) is 0 Å². The summed E-state index contributed by atoms with van der Waals surface area (Å²) < 4.78 is 3.57. The van der Waals surface area contributed by atoms with Crippen LogP contribution < -0.4 is 0 Å². The molecule has 1 fully saturated rings. The van der Waals surface area contributed by atoms with Crippen molar-refractivity contribution in [3.63, 3.8) is 0 Å². The molecule has 6 heteroatoms. The molecule has 1 aliphatic rings. The highest BCUT2D eigenvalue weighted by atomic mass is 79.9. The summed E-state index contributed by atoms with van der Waals surface area (Å²) in [5.74, 6) is 0.458. The Morgan fingerprint density at radius 1 is 0.625 bits per heavy atom. The number of hydrogen-bond donors (Lipinski definition) is 2. The van der Waals surface area contributed by atoms with Gasteiger partial charge < -0.3 is 10.2 Å². The van der Waals surface area contributed by atoms with E-state index < -0.39 is 0 Å². The Kier molecular flexibility index (Phi) is 5.70. The second kappa shape index (κ2) is 7.29. The van der Waals surface area contributed by atoms with Gasteiger partial charge in [-0.2, -0.15) is 0 Å². The molecule has 0 spiro atoms. The molecule has 2 aromatic rings. The molecular weight excluding hydrogens is 568 g/mol. The predicted molar refractivity (Wildman–Crippen MR) is 111 cm³/mol. The summed E-state index contributed by atoms with van der Waals surface area (Å²) in [4.78, 5) is 0. The van der Waals surface area contributed by atoms with E-state index in [9.17, 15) is 10.2 Å². The zero-order valence-corrected chi connectivity index (χ0v) is 19.1. The van der Waals surface area contributed by atoms with Gasteiger partial charge >= 0.3 is 0 Å². The van der Waals surface area contributed by atoms with Gasteiger partial charge in [-0.15, -0.1) is 0 Å². The fraction of sp³-hybridized carbons (Fsp3) is 0.333. The molecule has 1 saturated carbocycles. The van der Waals surface area contributed by atoms with Crippen LogP contribution in [0.25, 0.3) is 0 Å². The fourth-order valence-corrected chi connectivity index (χ4v) is 7.66. The molecule has 0 heterocycles. The second-order valence-electron chi connectivity index (χ2n) is 6.21. The summed E-state index contributed by atoms with van der Waals surface area (Å²) in [6.45, 7) is 0. The molecule has 1 aliphatic carbocycles. The Balaban J connectivity index is 2.32. The van der Waals surface area contributed by atoms with Crippen LogP contribution in [-0.4, -0.2) is 10.2 Å². The third-order valence-corrected chi connectivity index (χ3v) is 7.22. The van der Waals surface area contributed by atoms with E-state index >= 15 is 0 Å². The smallest absolute Gasteiger partial charge is 0.117 e. The number of aromatic hydroxyl groups is 2. The zero-order chi connectivity index (χ0) is 17.5. The molecule has 2 nitrogen and oxygen atoms in total. The lowest BCUT2D eigenvalue weighted by Crippen LogP contribution is -2.32. The summed E-state index contributed by atoms with van der Waals surface area (Å²) in [5, 5.41) is 19.8. The number of hydrogen-bond acceptors (Lipinski definition) is 2. The van der Waals surface area contributed by atoms with E-state index in [0.717, 1.165) is 54.7 Å². The minimum Gasteiger partial charge on any atom is -0.508 e. The van der Waals surface area contributed by atoms with E-state index in [1.54, 1.807) is 24.3 Å². The van der Waals surface area contributed by atoms with Crippen LogP contribution in [0, 0.1) is 0 Å². The molecule has 128 valence electrons. The number of phenolic OH excluding ortho intramolecular Hbond substituents is 2. The van der Waals surface area contributed by atoms with Crippen LogP contribution in [0.3, 0.4) is 0 Å². The average molecular weight is 584 g/mol. The Morgan fingerprint density at radius 3 is 1.29 bits per heavy atom. The SMILES string of the molecule is Oc1cc(Br)c(C2(c3c(Br)cc(O)cc3Br)CCCCC2)c(Br)c1. The van der Waals surface area contributed by atoms with Crippen molar-refractivity contribution >= 4 is 63.7 Å². The molecule has 2 N–H and O–H groups in total. The minimum absolute atomic E-state index is 0.199. The highest BCUT2D eigenvalue weighted by Gasteiger charge is 2.41. The average Bonchev–Trinajstić information content (AvgIpc) is 2.45. The van der Waals surface area contributed by atoms with Crippen LogP contribution >= 0.6 is 63.7 Å². The van der Waals surface area contributed by atoms with Crippen molar-refractivity contribution in [2.24, 2.45) is 0 Å². The molecule has 0 aliphatic heterocycles. The van der Waals surface area contributed by atoms with Crippen molar-refractivity contribution in [2.45, 2.75) is 37.5 Å². The van der Waals surface area contributed by atoms with Crippen LogP contribution in [0.4, 0.5) is 0 Å². The van der Waals surface area contributed by atoms with E-state index in [1.165, 1.54) is 6.42 Å². The minimum atomic E-state index is -0.199. The Labute approximate surface area is 175 Å². The molecule has 0 atom stereocenters. The molecule has 3 rings (SSSR count). The lowest BCUT2D eigenvalue weighted by Gasteiger charge is -2.41. The first-order valence-corrected chi connectivity index (χ1v) is 10.9. The third-order valence-electron chi connectivity index (χ3n) is 4.72. The number of halogens is 4. The van der Waals surface area contributed by atoms with Gasteiger partial charge in [0.05, 0.1) is 0 Å². The maximum Gasteiger partial charge on any atom is 0.117 e. The quantitative estimate of drug-likeness (QED) is 0.387. The molecule has 0 bridgehead atoms. The molecule has 0 unspecified atom stereocenters. The van der Waals surface area contributed by atoms with Gasteiger partial charge in [0.1, 0.15) is 11.5 Å². The van der Waals surface area contributed by atoms with Gasteiger partial charge in [-0.25, -0.2) is 0 Å². The summed E-state index contributed by atoms with van der Waals surface area (Å²) in [6.07, 6.45) is 5.52. The van der Waals surface area contributed by atoms with Gasteiger partial charge in [-0.05, 0) is 48.2 Å². The highest BCUT2D eigenvalue weighted by molar-refractivity contribution is 9.11. The van der Waals surface area contributed by atoms with Crippen LogP contribution in [0.2, 0.25) is 0 Å². The molecule has 24 heavy (non-hydrogen) atoms. The van der Waals surface area contributed by atoms with E-state index in [0.29, 0.717) is 0 Å². The van der Waals surface area contributed by atoms with Gasteiger partial charge in [0.25, 0.3) is 0 Å². The van der Waals surface area contributed by atoms with Crippen molar-refractivity contribution in [1.29, 1.82) is 0 Å². The molecule has 0 amide bonds. The van der Waals surface area contributed by atoms with Crippen molar-refractivity contribution in [2.75, 3.05) is 0 Å². The van der Waals surface area contributed by atoms with Crippen LogP contribution in [0.15, 0.2) is 42.2 Å². The Hall–Kier alpha value is -0.0400. The highest BCUT2D eigenvalue weighted by Crippen LogP contribution is 2.54. The largest absolute Gasteiger partial charge is 0.508 e. The third kappa shape index (κ3) is 3.31. The first kappa shape index (κ1) is 18.7. The Bertz CT molecular complexity index is 677. The van der Waals surface area contributed by atoms with E-state index in [-0.39, 0.29) is 16.9 Å². The first-order chi connectivity index (χ1) is 11.3. The lowest BCUT2D eigenvalue weighted by molar-refractivity contribution is 0.340. The topological polar surface area (TPSA) is 40.5 Å². The predicted octanol–water partition coefficient (Wildman–Crippen LogP) is 7.40. The van der Waals surface area contributed by atoms with Gasteiger partial charge in [0.15, 0.2) is 0 Å². The standard InChI is InChI=1S/C18H16Br4O2/c19-12-6-10(23)7-13(20)16(12)18(4-2-1-3-5-18)17-14(21)8-11(24)9-15(17)22/h6-9,23-24H,1-5H2. The van der Waals surface area contributed by atoms with Gasteiger partial charge in [-0.1, -0.05) is 83.0 Å². The Morgan fingerprint density at radius 2 is 0.958 bits per heavy atom. The molecule has 0 radical (unpaired) electrons. The number of benzene rings is 2. The zero-order valence-electron chi connectivity index (χ0n) is 12.8. The molecule has 2 aromatic carbocycles. The monoisotopic (exact) mass is 580 g/mol. The van der Waals surface area contributed by atoms with Gasteiger partial charge in [0, 0.05) is 23.3 Å². The summed E-state index contributed by atoms with van der Waals surface area (Å²) in [5.41, 5.74) is 2.09. The second-order valence-corrected chi connectivity index (χ2v) is 9.63. The fourth-order valence-electron chi connectivity index (χ4n) is 3.81. The maximum atomic E-state index is 9.91. The van der Waals surface area contributed by atoms with Crippen LogP contribution in [-0.2, 0) is 5.41 Å². The molecule has 0 aromatic heterocycles. The van der Waals surface area contributed by atoms with E-state index in [4.69, 9.17) is 0 Å². The van der Waals surface area contributed by atoms with Crippen LogP contribution in [0.5, 0.6) is 11.5 Å². The van der Waals surface area contributed by atoms with Crippen molar-refractivity contribution in [1.82, 2.24) is 0 Å². The van der Waals surface area contributed by atoms with Crippen molar-refractivity contribution < 1.29 is 10.2 Å².